The topological polar surface area (TPSA) is 63.4 Å². The maximum atomic E-state index is 10.7. The van der Waals surface area contributed by atoms with E-state index in [0.29, 0.717) is 5.56 Å². The third kappa shape index (κ3) is 3.35. The minimum Gasteiger partial charge on any atom is -0.387 e. The van der Waals surface area contributed by atoms with Crippen LogP contribution < -0.4 is 0 Å². The van der Waals surface area contributed by atoms with Gasteiger partial charge in [-0.2, -0.15) is 0 Å². The van der Waals surface area contributed by atoms with Crippen molar-refractivity contribution in [3.8, 4) is 0 Å². The maximum Gasteiger partial charge on any atom is 0.269 e. The van der Waals surface area contributed by atoms with E-state index in [1.165, 1.54) is 12.1 Å². The van der Waals surface area contributed by atoms with Gasteiger partial charge in [0.1, 0.15) is 0 Å². The van der Waals surface area contributed by atoms with E-state index in [2.05, 4.69) is 6.58 Å². The van der Waals surface area contributed by atoms with Crippen LogP contribution in [0.5, 0.6) is 0 Å². The number of aryl methyl sites for hydroxylation is 1. The third-order valence-corrected chi connectivity index (χ3v) is 3.47. The van der Waals surface area contributed by atoms with Crippen LogP contribution in [0.4, 0.5) is 5.69 Å². The van der Waals surface area contributed by atoms with E-state index in [-0.39, 0.29) is 11.6 Å². The minimum absolute atomic E-state index is 0.0108. The van der Waals surface area contributed by atoms with Crippen LogP contribution in [0.2, 0.25) is 0 Å². The molecule has 0 bridgehead atoms. The Morgan fingerprint density at radius 1 is 1.19 bits per heavy atom. The van der Waals surface area contributed by atoms with Crippen molar-refractivity contribution in [1.82, 2.24) is 0 Å². The van der Waals surface area contributed by atoms with E-state index in [0.717, 1.165) is 11.1 Å². The van der Waals surface area contributed by atoms with Crippen molar-refractivity contribution in [3.63, 3.8) is 0 Å². The summed E-state index contributed by atoms with van der Waals surface area (Å²) in [5.41, 5.74) is 2.72. The Labute approximate surface area is 123 Å². The summed E-state index contributed by atoms with van der Waals surface area (Å²) in [5, 5.41) is 21.2. The maximum absolute atomic E-state index is 10.7. The first-order chi connectivity index (χ1) is 10.0. The van der Waals surface area contributed by atoms with E-state index in [1.54, 1.807) is 18.2 Å². The Bertz CT molecular complexity index is 649. The second-order valence-corrected chi connectivity index (χ2v) is 4.97. The van der Waals surface area contributed by atoms with Crippen molar-refractivity contribution in [2.75, 3.05) is 0 Å². The summed E-state index contributed by atoms with van der Waals surface area (Å²) in [7, 11) is 0. The predicted molar refractivity (Wildman–Crippen MR) is 82.2 cm³/mol. The molecule has 21 heavy (non-hydrogen) atoms. The molecule has 0 heterocycles. The van der Waals surface area contributed by atoms with Crippen molar-refractivity contribution < 1.29 is 10.0 Å². The summed E-state index contributed by atoms with van der Waals surface area (Å²) < 4.78 is 0. The molecule has 4 heteroatoms. The zero-order valence-corrected chi connectivity index (χ0v) is 11.8. The molecule has 0 fully saturated rings. The van der Waals surface area contributed by atoms with Crippen LogP contribution in [0, 0.1) is 17.0 Å². The number of nitro groups is 1. The SMILES string of the molecule is C=C[C@@H](c1cccc(C)c1)[C@@H](O)c1ccc([N+](=O)[O-])cc1. The highest BCUT2D eigenvalue weighted by molar-refractivity contribution is 5.37. The van der Waals surface area contributed by atoms with E-state index in [9.17, 15) is 15.2 Å². The lowest BCUT2D eigenvalue weighted by atomic mass is 9.88. The molecule has 0 aromatic heterocycles. The standard InChI is InChI=1S/C17H17NO3/c1-3-16(14-6-4-5-12(2)11-14)17(19)13-7-9-15(10-8-13)18(20)21/h3-11,16-17,19H,1H2,2H3/t16-,17-/m0/s1. The van der Waals surface area contributed by atoms with Crippen molar-refractivity contribution in [3.05, 3.63) is 88.0 Å². The fourth-order valence-corrected chi connectivity index (χ4v) is 2.33. The second-order valence-electron chi connectivity index (χ2n) is 4.97. The molecule has 1 N–H and O–H groups in total. The van der Waals surface area contributed by atoms with Gasteiger partial charge in [0.2, 0.25) is 0 Å². The molecule has 0 saturated carbocycles. The number of aliphatic hydroxyl groups excluding tert-OH is 1. The first kappa shape index (κ1) is 14.9. The van der Waals surface area contributed by atoms with Crippen molar-refractivity contribution >= 4 is 5.69 Å². The smallest absolute Gasteiger partial charge is 0.269 e. The lowest BCUT2D eigenvalue weighted by Gasteiger charge is -2.20. The Morgan fingerprint density at radius 2 is 1.86 bits per heavy atom. The number of aliphatic hydroxyl groups is 1. The molecule has 0 amide bonds. The van der Waals surface area contributed by atoms with Crippen LogP contribution in [0.25, 0.3) is 0 Å². The normalized spacial score (nSPS) is 13.4. The van der Waals surface area contributed by atoms with Gasteiger partial charge in [-0.25, -0.2) is 0 Å². The molecule has 108 valence electrons. The second kappa shape index (κ2) is 6.33. The molecule has 0 saturated heterocycles. The van der Waals surface area contributed by atoms with Gasteiger partial charge >= 0.3 is 0 Å². The molecule has 0 unspecified atom stereocenters. The third-order valence-electron chi connectivity index (χ3n) is 3.47. The molecule has 2 rings (SSSR count). The van der Waals surface area contributed by atoms with E-state index in [1.807, 2.05) is 31.2 Å². The van der Waals surface area contributed by atoms with E-state index in [4.69, 9.17) is 0 Å². The van der Waals surface area contributed by atoms with Gasteiger partial charge in [0.25, 0.3) is 5.69 Å². The number of nitrogens with zero attached hydrogens (tertiary/aromatic N) is 1. The van der Waals surface area contributed by atoms with Gasteiger partial charge in [0.15, 0.2) is 0 Å². The fourth-order valence-electron chi connectivity index (χ4n) is 2.33. The highest BCUT2D eigenvalue weighted by atomic mass is 16.6. The quantitative estimate of drug-likeness (QED) is 0.514. The van der Waals surface area contributed by atoms with Gasteiger partial charge in [0, 0.05) is 18.1 Å². The van der Waals surface area contributed by atoms with Crippen LogP contribution >= 0.6 is 0 Å². The average molecular weight is 283 g/mol. The molecule has 0 radical (unpaired) electrons. The van der Waals surface area contributed by atoms with Gasteiger partial charge in [-0.05, 0) is 30.2 Å². The number of hydrogen-bond acceptors (Lipinski definition) is 3. The van der Waals surface area contributed by atoms with Gasteiger partial charge in [-0.15, -0.1) is 6.58 Å². The van der Waals surface area contributed by atoms with Crippen molar-refractivity contribution in [2.45, 2.75) is 18.9 Å². The lowest BCUT2D eigenvalue weighted by Crippen LogP contribution is -2.09. The number of benzene rings is 2. The lowest BCUT2D eigenvalue weighted by molar-refractivity contribution is -0.384. The molecule has 0 aliphatic heterocycles. The highest BCUT2D eigenvalue weighted by Gasteiger charge is 2.20. The fraction of sp³-hybridized carbons (Fsp3) is 0.176. The summed E-state index contributed by atoms with van der Waals surface area (Å²) in [6, 6.07) is 13.8. The first-order valence-corrected chi connectivity index (χ1v) is 6.64. The Balaban J connectivity index is 2.29. The molecule has 0 aliphatic carbocycles. The van der Waals surface area contributed by atoms with Crippen LogP contribution in [-0.2, 0) is 0 Å². The van der Waals surface area contributed by atoms with Gasteiger partial charge in [-0.1, -0.05) is 35.9 Å². The predicted octanol–water partition coefficient (Wildman–Crippen LogP) is 3.91. The molecule has 4 nitrogen and oxygen atoms in total. The number of nitro benzene ring substituents is 1. The zero-order chi connectivity index (χ0) is 15.4. The summed E-state index contributed by atoms with van der Waals surface area (Å²) in [4.78, 5) is 10.2. The number of hydrogen-bond donors (Lipinski definition) is 1. The molecular formula is C17H17NO3. The molecule has 2 atom stereocenters. The number of non-ortho nitro benzene ring substituents is 1. The Kier molecular flexibility index (Phi) is 4.50. The van der Waals surface area contributed by atoms with Crippen LogP contribution in [0.3, 0.4) is 0 Å². The number of rotatable bonds is 5. The summed E-state index contributed by atoms with van der Waals surface area (Å²) in [6.45, 7) is 5.78. The Morgan fingerprint density at radius 3 is 2.38 bits per heavy atom. The van der Waals surface area contributed by atoms with Crippen molar-refractivity contribution in [1.29, 1.82) is 0 Å². The van der Waals surface area contributed by atoms with Gasteiger partial charge in [-0.3, -0.25) is 10.1 Å². The molecular weight excluding hydrogens is 266 g/mol. The molecule has 2 aromatic rings. The highest BCUT2D eigenvalue weighted by Crippen LogP contribution is 2.32. The molecule has 0 aliphatic rings. The molecule has 0 spiro atoms. The van der Waals surface area contributed by atoms with Crippen LogP contribution in [-0.4, -0.2) is 10.0 Å². The first-order valence-electron chi connectivity index (χ1n) is 6.64. The monoisotopic (exact) mass is 283 g/mol. The van der Waals surface area contributed by atoms with Crippen molar-refractivity contribution in [2.24, 2.45) is 0 Å². The summed E-state index contributed by atoms with van der Waals surface area (Å²) in [5.74, 6) is -0.258. The van der Waals surface area contributed by atoms with Gasteiger partial charge in [0.05, 0.1) is 11.0 Å². The molecule has 2 aromatic carbocycles. The average Bonchev–Trinajstić information content (AvgIpc) is 2.48. The summed E-state index contributed by atoms with van der Waals surface area (Å²) in [6.07, 6.45) is 0.908. The van der Waals surface area contributed by atoms with Crippen LogP contribution in [0.1, 0.15) is 28.7 Å². The largest absolute Gasteiger partial charge is 0.387 e. The van der Waals surface area contributed by atoms with Gasteiger partial charge < -0.3 is 5.11 Å². The summed E-state index contributed by atoms with van der Waals surface area (Å²) >= 11 is 0. The minimum atomic E-state index is -0.787. The van der Waals surface area contributed by atoms with E-state index < -0.39 is 11.0 Å². The van der Waals surface area contributed by atoms with Crippen LogP contribution in [0.15, 0.2) is 61.2 Å². The van der Waals surface area contributed by atoms with E-state index >= 15 is 0 Å². The zero-order valence-electron chi connectivity index (χ0n) is 11.8. The Hall–Kier alpha value is -2.46.